The van der Waals surface area contributed by atoms with Crippen molar-refractivity contribution >= 4 is 60.6 Å². The first-order valence-electron chi connectivity index (χ1n) is 11.4. The minimum absolute atomic E-state index is 0.895. The van der Waals surface area contributed by atoms with E-state index in [9.17, 15) is 0 Å². The van der Waals surface area contributed by atoms with Gasteiger partial charge in [-0.1, -0.05) is 11.3 Å². The molecule has 0 bridgehead atoms. The van der Waals surface area contributed by atoms with Gasteiger partial charge in [-0.2, -0.15) is 0 Å². The van der Waals surface area contributed by atoms with E-state index in [2.05, 4.69) is 93.2 Å². The van der Waals surface area contributed by atoms with E-state index in [4.69, 9.17) is 0 Å². The first kappa shape index (κ1) is 22.4. The van der Waals surface area contributed by atoms with Crippen LogP contribution in [0.4, 0.5) is 37.9 Å². The molecule has 1 aliphatic rings. The molecular formula is C25H29N7S2. The van der Waals surface area contributed by atoms with Gasteiger partial charge in [0, 0.05) is 30.4 Å². The van der Waals surface area contributed by atoms with Crippen LogP contribution in [0.3, 0.4) is 0 Å². The normalized spacial score (nSPS) is 13.1. The average molecular weight is 492 g/mol. The number of nitrogens with one attached hydrogen (secondary N) is 5. The summed E-state index contributed by atoms with van der Waals surface area (Å²) in [7, 11) is 0. The van der Waals surface area contributed by atoms with Gasteiger partial charge in [0.2, 0.25) is 0 Å². The van der Waals surface area contributed by atoms with E-state index in [0.29, 0.717) is 0 Å². The molecule has 3 heterocycles. The van der Waals surface area contributed by atoms with Crippen LogP contribution in [0.2, 0.25) is 0 Å². The maximum atomic E-state index is 4.28. The second-order valence-corrected chi connectivity index (χ2v) is 10.3. The number of hydrogen-bond donors (Lipinski definition) is 5. The van der Waals surface area contributed by atoms with E-state index in [1.165, 1.54) is 30.9 Å². The van der Waals surface area contributed by atoms with Gasteiger partial charge in [0.1, 0.15) is 5.00 Å². The van der Waals surface area contributed by atoms with Crippen molar-refractivity contribution in [2.45, 2.75) is 26.7 Å². The molecule has 5 N–H and O–H groups in total. The Morgan fingerprint density at radius 3 is 2.18 bits per heavy atom. The number of rotatable bonds is 9. The fourth-order valence-corrected chi connectivity index (χ4v) is 5.39. The molecule has 1 fully saturated rings. The number of hydrogen-bond acceptors (Lipinski definition) is 9. The summed E-state index contributed by atoms with van der Waals surface area (Å²) in [4.78, 5) is 6.74. The van der Waals surface area contributed by atoms with E-state index in [1.54, 1.807) is 28.9 Å². The van der Waals surface area contributed by atoms with Crippen LogP contribution in [-0.4, -0.2) is 18.1 Å². The fourth-order valence-electron chi connectivity index (χ4n) is 3.94. The van der Waals surface area contributed by atoms with E-state index in [-0.39, 0.29) is 0 Å². The van der Waals surface area contributed by atoms with Crippen LogP contribution in [0.25, 0.3) is 0 Å². The zero-order chi connectivity index (χ0) is 23.3. The molecule has 0 amide bonds. The van der Waals surface area contributed by atoms with Crippen molar-refractivity contribution in [3.05, 3.63) is 71.2 Å². The largest absolute Gasteiger partial charge is 0.363 e. The summed E-state index contributed by atoms with van der Waals surface area (Å²) >= 11 is 3.38. The zero-order valence-electron chi connectivity index (χ0n) is 19.3. The zero-order valence-corrected chi connectivity index (χ0v) is 20.9. The van der Waals surface area contributed by atoms with Crippen molar-refractivity contribution in [1.29, 1.82) is 0 Å². The molecule has 0 aliphatic carbocycles. The van der Waals surface area contributed by atoms with Crippen LogP contribution in [0.15, 0.2) is 60.1 Å². The first-order valence-corrected chi connectivity index (χ1v) is 13.1. The highest BCUT2D eigenvalue weighted by Gasteiger charge is 2.14. The third-order valence-corrected chi connectivity index (χ3v) is 7.56. The van der Waals surface area contributed by atoms with Gasteiger partial charge in [-0.15, -0.1) is 11.3 Å². The summed E-state index contributed by atoms with van der Waals surface area (Å²) in [5.74, 6) is 0. The Balaban J connectivity index is 1.14. The fraction of sp³-hybridized carbons (Fsp3) is 0.240. The molecule has 4 aromatic rings. The van der Waals surface area contributed by atoms with Crippen LogP contribution < -0.4 is 31.9 Å². The van der Waals surface area contributed by atoms with Gasteiger partial charge in [0.05, 0.1) is 22.1 Å². The number of anilines is 7. The Bertz CT molecular complexity index is 1230. The minimum atomic E-state index is 0.895. The van der Waals surface area contributed by atoms with Crippen LogP contribution in [0.5, 0.6) is 0 Å². The molecule has 1 aliphatic heterocycles. The van der Waals surface area contributed by atoms with Gasteiger partial charge in [0.25, 0.3) is 0 Å². The highest BCUT2D eigenvalue weighted by molar-refractivity contribution is 7.20. The van der Waals surface area contributed by atoms with Crippen LogP contribution >= 0.6 is 22.7 Å². The number of hydrazine groups is 2. The van der Waals surface area contributed by atoms with Gasteiger partial charge < -0.3 is 26.5 Å². The monoisotopic (exact) mass is 491 g/mol. The summed E-state index contributed by atoms with van der Waals surface area (Å²) in [6.45, 7) is 6.52. The molecule has 7 nitrogen and oxygen atoms in total. The Morgan fingerprint density at radius 2 is 1.50 bits per heavy atom. The van der Waals surface area contributed by atoms with Gasteiger partial charge in [-0.3, -0.25) is 5.43 Å². The number of thiazole rings is 1. The number of thiophene rings is 1. The first-order chi connectivity index (χ1) is 16.6. The smallest absolute Gasteiger partial charge is 0.187 e. The molecule has 5 rings (SSSR count). The summed E-state index contributed by atoms with van der Waals surface area (Å²) in [5, 5.41) is 8.67. The quantitative estimate of drug-likeness (QED) is 0.161. The highest BCUT2D eigenvalue weighted by Crippen LogP contribution is 2.32. The molecule has 2 aromatic carbocycles. The lowest BCUT2D eigenvalue weighted by Gasteiger charge is -2.16. The minimum Gasteiger partial charge on any atom is -0.363 e. The van der Waals surface area contributed by atoms with E-state index in [1.807, 2.05) is 11.4 Å². The lowest BCUT2D eigenvalue weighted by Crippen LogP contribution is -2.15. The summed E-state index contributed by atoms with van der Waals surface area (Å²) in [6.07, 6.45) is 4.39. The van der Waals surface area contributed by atoms with E-state index in [0.717, 1.165) is 44.0 Å². The third kappa shape index (κ3) is 5.37. The second-order valence-electron chi connectivity index (χ2n) is 8.35. The Kier molecular flexibility index (Phi) is 6.73. The Morgan fingerprint density at radius 1 is 0.794 bits per heavy atom. The van der Waals surface area contributed by atoms with Crippen molar-refractivity contribution in [2.75, 3.05) is 45.0 Å². The van der Waals surface area contributed by atoms with Gasteiger partial charge >= 0.3 is 0 Å². The lowest BCUT2D eigenvalue weighted by atomic mass is 10.1. The second kappa shape index (κ2) is 10.2. The molecule has 2 aromatic heterocycles. The van der Waals surface area contributed by atoms with E-state index < -0.39 is 0 Å². The predicted molar refractivity (Wildman–Crippen MR) is 148 cm³/mol. The molecule has 0 saturated carbocycles. The molecule has 1 saturated heterocycles. The van der Waals surface area contributed by atoms with Crippen LogP contribution in [0, 0.1) is 13.8 Å². The topological polar surface area (TPSA) is 76.3 Å². The van der Waals surface area contributed by atoms with Gasteiger partial charge in [-0.25, -0.2) is 4.98 Å². The molecule has 0 unspecified atom stereocenters. The number of benzene rings is 2. The maximum Gasteiger partial charge on any atom is 0.187 e. The maximum absolute atomic E-state index is 4.28. The average Bonchev–Trinajstić information content (AvgIpc) is 3.61. The third-order valence-electron chi connectivity index (χ3n) is 5.81. The van der Waals surface area contributed by atoms with Crippen molar-refractivity contribution in [3.8, 4) is 0 Å². The van der Waals surface area contributed by atoms with Crippen molar-refractivity contribution in [3.63, 3.8) is 0 Å². The molecule has 34 heavy (non-hydrogen) atoms. The summed E-state index contributed by atoms with van der Waals surface area (Å²) in [6, 6.07) is 16.8. The highest BCUT2D eigenvalue weighted by atomic mass is 32.1. The SMILES string of the molecule is Cc1cc(NNc2ccc(N3CCCC3)s2)ccc1NNc1ccc(Nc2nccs2)c(C)c1. The van der Waals surface area contributed by atoms with E-state index >= 15 is 0 Å². The summed E-state index contributed by atoms with van der Waals surface area (Å²) < 4.78 is 0. The standard InChI is InChI=1S/C25H29N7S2/c1-17-15-19(5-7-21(17)27-25-26-11-14-33-25)28-30-22-8-6-20(16-18(22)2)29-31-23-9-10-24(34-23)32-12-3-4-13-32/h5-11,14-16,28-31H,3-4,12-13H2,1-2H3,(H,26,27). The predicted octanol–water partition coefficient (Wildman–Crippen LogP) is 7.04. The lowest BCUT2D eigenvalue weighted by molar-refractivity contribution is 0.949. The van der Waals surface area contributed by atoms with Gasteiger partial charge in [-0.05, 0) is 86.3 Å². The number of nitrogens with zero attached hydrogens (tertiary/aromatic N) is 2. The Labute approximate surface area is 208 Å². The number of aryl methyl sites for hydroxylation is 2. The van der Waals surface area contributed by atoms with Gasteiger partial charge in [0.15, 0.2) is 5.13 Å². The van der Waals surface area contributed by atoms with Crippen LogP contribution in [0.1, 0.15) is 24.0 Å². The van der Waals surface area contributed by atoms with Crippen molar-refractivity contribution < 1.29 is 0 Å². The Hall–Kier alpha value is -3.43. The molecule has 0 atom stereocenters. The van der Waals surface area contributed by atoms with Crippen LogP contribution in [-0.2, 0) is 0 Å². The van der Waals surface area contributed by atoms with Crippen molar-refractivity contribution in [2.24, 2.45) is 0 Å². The van der Waals surface area contributed by atoms with Crippen molar-refractivity contribution in [1.82, 2.24) is 4.98 Å². The summed E-state index contributed by atoms with van der Waals surface area (Å²) in [5.41, 5.74) is 19.7. The molecule has 176 valence electrons. The molecular weight excluding hydrogens is 462 g/mol. The molecule has 0 spiro atoms. The molecule has 9 heteroatoms. The number of aromatic nitrogens is 1. The molecule has 0 radical (unpaired) electrons.